The molecule has 0 bridgehead atoms. The third-order valence-electron chi connectivity index (χ3n) is 1.53. The minimum Gasteiger partial charge on any atom is -0.476 e. The highest BCUT2D eigenvalue weighted by Crippen LogP contribution is 2.20. The van der Waals surface area contributed by atoms with Crippen LogP contribution in [0.5, 0.6) is 0 Å². The van der Waals surface area contributed by atoms with Crippen LogP contribution in [0.15, 0.2) is 18.3 Å². The molecule has 0 aliphatic rings. The molecule has 0 aliphatic heterocycles. The molecule has 0 radical (unpaired) electrons. The minimum absolute atomic E-state index is 0.734. The van der Waals surface area contributed by atoms with Crippen LogP contribution < -0.4 is 0 Å². The summed E-state index contributed by atoms with van der Waals surface area (Å²) in [5.41, 5.74) is -1.19. The second-order valence-electron chi connectivity index (χ2n) is 2.54. The first kappa shape index (κ1) is 11.2. The lowest BCUT2D eigenvalue weighted by molar-refractivity contribution is -0.157. The molecule has 1 heterocycles. The third-order valence-corrected chi connectivity index (χ3v) is 1.53. The van der Waals surface area contributed by atoms with E-state index in [2.05, 4.69) is 4.98 Å². The van der Waals surface area contributed by atoms with Crippen LogP contribution in [0, 0.1) is 5.82 Å². The fourth-order valence-electron chi connectivity index (χ4n) is 0.799. The Morgan fingerprint density at radius 1 is 1.40 bits per heavy atom. The Morgan fingerprint density at radius 3 is 2.47 bits per heavy atom. The van der Waals surface area contributed by atoms with Gasteiger partial charge in [-0.15, -0.1) is 0 Å². The number of nitrogens with zero attached hydrogens (tertiary/aromatic N) is 1. The number of carbonyl (C=O) groups excluding carboxylic acids is 1. The summed E-state index contributed by atoms with van der Waals surface area (Å²) in [6.45, 7) is 0. The zero-order valence-electron chi connectivity index (χ0n) is 7.08. The smallest absolute Gasteiger partial charge is 0.405 e. The second-order valence-corrected chi connectivity index (χ2v) is 2.54. The highest BCUT2D eigenvalue weighted by atomic mass is 19.3. The molecule has 15 heavy (non-hydrogen) atoms. The van der Waals surface area contributed by atoms with E-state index in [1.807, 2.05) is 0 Å². The average molecular weight is 219 g/mol. The lowest BCUT2D eigenvalue weighted by Crippen LogP contribution is -2.38. The molecule has 80 valence electrons. The Balaban J connectivity index is 3.16. The number of Topliss-reactive ketones (excluding diaryl/α,β-unsaturated/α-hetero) is 1. The lowest BCUT2D eigenvalue weighted by atomic mass is 10.1. The highest BCUT2D eigenvalue weighted by Gasteiger charge is 2.49. The topological polar surface area (TPSA) is 67.3 Å². The minimum atomic E-state index is -4.67. The lowest BCUT2D eigenvalue weighted by Gasteiger charge is -2.08. The summed E-state index contributed by atoms with van der Waals surface area (Å²) in [5, 5.41) is 8.04. The van der Waals surface area contributed by atoms with Gasteiger partial charge in [-0.2, -0.15) is 8.78 Å². The summed E-state index contributed by atoms with van der Waals surface area (Å²) in [5.74, 6) is -10.8. The third kappa shape index (κ3) is 1.95. The molecule has 0 atom stereocenters. The van der Waals surface area contributed by atoms with Crippen LogP contribution in [0.4, 0.5) is 13.2 Å². The van der Waals surface area contributed by atoms with E-state index in [-0.39, 0.29) is 0 Å². The summed E-state index contributed by atoms with van der Waals surface area (Å²) in [4.78, 5) is 24.0. The van der Waals surface area contributed by atoms with E-state index in [0.29, 0.717) is 0 Å². The van der Waals surface area contributed by atoms with Gasteiger partial charge in [0.15, 0.2) is 5.82 Å². The normalized spacial score (nSPS) is 11.1. The van der Waals surface area contributed by atoms with Gasteiger partial charge in [0.2, 0.25) is 0 Å². The van der Waals surface area contributed by atoms with Gasteiger partial charge >= 0.3 is 11.9 Å². The predicted octanol–water partition coefficient (Wildman–Crippen LogP) is 1.12. The summed E-state index contributed by atoms with van der Waals surface area (Å²) < 4.78 is 38.1. The van der Waals surface area contributed by atoms with Crippen molar-refractivity contribution in [3.63, 3.8) is 0 Å². The van der Waals surface area contributed by atoms with Crippen LogP contribution in [0.25, 0.3) is 0 Å². The molecular weight excluding hydrogens is 215 g/mol. The second kappa shape index (κ2) is 3.68. The zero-order chi connectivity index (χ0) is 11.6. The van der Waals surface area contributed by atoms with Gasteiger partial charge in [0.05, 0.1) is 0 Å². The molecule has 0 unspecified atom stereocenters. The molecule has 1 aromatic heterocycles. The monoisotopic (exact) mass is 219 g/mol. The molecule has 0 saturated carbocycles. The Hall–Kier alpha value is -1.92. The van der Waals surface area contributed by atoms with E-state index in [1.165, 1.54) is 0 Å². The number of rotatable bonds is 3. The molecule has 7 heteroatoms. The maximum atomic E-state index is 12.8. The van der Waals surface area contributed by atoms with E-state index in [9.17, 15) is 22.8 Å². The summed E-state index contributed by atoms with van der Waals surface area (Å²) in [7, 11) is 0. The molecule has 0 aromatic carbocycles. The van der Waals surface area contributed by atoms with Crippen LogP contribution in [0.3, 0.4) is 0 Å². The van der Waals surface area contributed by atoms with Crippen LogP contribution >= 0.6 is 0 Å². The Labute approximate surface area is 81.4 Å². The van der Waals surface area contributed by atoms with Crippen molar-refractivity contribution in [2.45, 2.75) is 5.92 Å². The zero-order valence-corrected chi connectivity index (χ0v) is 7.08. The maximum absolute atomic E-state index is 12.8. The Morgan fingerprint density at radius 2 is 2.00 bits per heavy atom. The van der Waals surface area contributed by atoms with E-state index in [0.717, 1.165) is 18.3 Å². The van der Waals surface area contributed by atoms with E-state index in [1.54, 1.807) is 0 Å². The quantitative estimate of drug-likeness (QED) is 0.611. The number of aliphatic carboxylic acids is 1. The van der Waals surface area contributed by atoms with Crippen LogP contribution in [0.2, 0.25) is 0 Å². The number of pyridine rings is 1. The number of halogens is 3. The van der Waals surface area contributed by atoms with Crippen LogP contribution in [-0.2, 0) is 4.79 Å². The summed E-state index contributed by atoms with van der Waals surface area (Å²) >= 11 is 0. The van der Waals surface area contributed by atoms with Gasteiger partial charge < -0.3 is 5.11 Å². The van der Waals surface area contributed by atoms with Gasteiger partial charge in [0, 0.05) is 6.20 Å². The fourth-order valence-corrected chi connectivity index (χ4v) is 0.799. The molecular formula is C8H4F3NO3. The van der Waals surface area contributed by atoms with Crippen molar-refractivity contribution in [1.82, 2.24) is 4.98 Å². The van der Waals surface area contributed by atoms with Gasteiger partial charge in [0.1, 0.15) is 5.69 Å². The number of hydrogen-bond donors (Lipinski definition) is 1. The molecule has 0 aliphatic carbocycles. The number of carboxylic acids is 1. The van der Waals surface area contributed by atoms with Crippen molar-refractivity contribution < 1.29 is 27.9 Å². The highest BCUT2D eigenvalue weighted by molar-refractivity contribution is 6.12. The van der Waals surface area contributed by atoms with Crippen molar-refractivity contribution in [2.75, 3.05) is 0 Å². The molecule has 0 saturated heterocycles. The molecule has 1 rings (SSSR count). The number of alkyl halides is 2. The summed E-state index contributed by atoms with van der Waals surface area (Å²) in [6, 6.07) is 1.82. The molecule has 0 spiro atoms. The van der Waals surface area contributed by atoms with Crippen molar-refractivity contribution in [2.24, 2.45) is 0 Å². The van der Waals surface area contributed by atoms with Crippen molar-refractivity contribution in [1.29, 1.82) is 0 Å². The average Bonchev–Trinajstić information content (AvgIpc) is 2.17. The molecule has 0 amide bonds. The first-order valence-corrected chi connectivity index (χ1v) is 3.64. The number of ketones is 1. The van der Waals surface area contributed by atoms with Crippen LogP contribution in [0.1, 0.15) is 10.5 Å². The van der Waals surface area contributed by atoms with Crippen LogP contribution in [-0.4, -0.2) is 27.8 Å². The van der Waals surface area contributed by atoms with E-state index < -0.39 is 29.2 Å². The number of carboxylic acid groups (broad SMARTS) is 1. The number of aromatic nitrogens is 1. The van der Waals surface area contributed by atoms with Gasteiger partial charge in [-0.25, -0.2) is 14.2 Å². The Kier molecular flexibility index (Phi) is 2.74. The molecule has 1 aromatic rings. The van der Waals surface area contributed by atoms with E-state index in [4.69, 9.17) is 5.11 Å². The van der Waals surface area contributed by atoms with Gasteiger partial charge in [-0.1, -0.05) is 0 Å². The van der Waals surface area contributed by atoms with Gasteiger partial charge in [-0.05, 0) is 12.1 Å². The first-order chi connectivity index (χ1) is 6.87. The van der Waals surface area contributed by atoms with Gasteiger partial charge in [-0.3, -0.25) is 4.79 Å². The predicted molar refractivity (Wildman–Crippen MR) is 41.1 cm³/mol. The van der Waals surface area contributed by atoms with Crippen molar-refractivity contribution >= 4 is 11.8 Å². The summed E-state index contributed by atoms with van der Waals surface area (Å²) in [6.07, 6.45) is 0.911. The first-order valence-electron chi connectivity index (χ1n) is 3.64. The Bertz CT molecular complexity index is 419. The van der Waals surface area contributed by atoms with Gasteiger partial charge in [0.25, 0.3) is 5.78 Å². The largest absolute Gasteiger partial charge is 0.476 e. The fraction of sp³-hybridized carbons (Fsp3) is 0.125. The molecule has 0 fully saturated rings. The van der Waals surface area contributed by atoms with Crippen molar-refractivity contribution in [3.8, 4) is 0 Å². The maximum Gasteiger partial charge on any atom is 0.405 e. The number of hydrogen-bond acceptors (Lipinski definition) is 3. The SMILES string of the molecule is O=C(O)C(F)(F)C(=O)c1ncccc1F. The van der Waals surface area contributed by atoms with Crippen molar-refractivity contribution in [3.05, 3.63) is 29.8 Å². The number of carbonyl (C=O) groups is 2. The molecule has 4 nitrogen and oxygen atoms in total. The van der Waals surface area contributed by atoms with E-state index >= 15 is 0 Å². The molecule has 1 N–H and O–H groups in total. The standard InChI is InChI=1S/C8H4F3NO3/c9-4-2-1-3-12-5(4)6(13)8(10,11)7(14)15/h1-3H,(H,14,15).